The van der Waals surface area contributed by atoms with Gasteiger partial charge in [0, 0.05) is 6.42 Å². The molecule has 0 bridgehead atoms. The summed E-state index contributed by atoms with van der Waals surface area (Å²) in [6.45, 7) is 4.99. The summed E-state index contributed by atoms with van der Waals surface area (Å²) in [5, 5.41) is 9.38. The van der Waals surface area contributed by atoms with Crippen molar-refractivity contribution in [2.75, 3.05) is 13.2 Å². The van der Waals surface area contributed by atoms with Crippen LogP contribution >= 0.6 is 0 Å². The summed E-state index contributed by atoms with van der Waals surface area (Å²) in [7, 11) is 0. The van der Waals surface area contributed by atoms with Crippen molar-refractivity contribution in [3.05, 3.63) is 0 Å². The first kappa shape index (κ1) is 17.5. The minimum Gasteiger partial charge on any atom is -0.478 e. The molecular formula is C17H33NO2. The first-order valence-corrected chi connectivity index (χ1v) is 8.58. The Kier molecular flexibility index (Phi) is 8.92. The zero-order valence-corrected chi connectivity index (χ0v) is 13.5. The number of unbranched alkanes of at least 4 members (excludes halogenated alkanes) is 8. The molecule has 0 saturated carbocycles. The van der Waals surface area contributed by atoms with Gasteiger partial charge in [-0.1, -0.05) is 65.2 Å². The van der Waals surface area contributed by atoms with E-state index in [0.29, 0.717) is 6.61 Å². The molecule has 118 valence electrons. The number of nitrogens with zero attached hydrogens (tertiary/aromatic N) is 1. The Hall–Kier alpha value is -0.570. The minimum absolute atomic E-state index is 0.102. The molecule has 1 aliphatic heterocycles. The minimum atomic E-state index is -0.339. The predicted molar refractivity (Wildman–Crippen MR) is 85.3 cm³/mol. The van der Waals surface area contributed by atoms with Crippen molar-refractivity contribution < 1.29 is 9.84 Å². The van der Waals surface area contributed by atoms with Crippen molar-refractivity contribution in [3.8, 4) is 0 Å². The first-order valence-electron chi connectivity index (χ1n) is 8.58. The van der Waals surface area contributed by atoms with Crippen LogP contribution in [-0.4, -0.2) is 29.8 Å². The average molecular weight is 283 g/mol. The molecular weight excluding hydrogens is 250 g/mol. The number of hydrogen-bond acceptors (Lipinski definition) is 3. The smallest absolute Gasteiger partial charge is 0.184 e. The van der Waals surface area contributed by atoms with Gasteiger partial charge < -0.3 is 9.84 Å². The van der Waals surface area contributed by atoms with Crippen molar-refractivity contribution in [1.82, 2.24) is 0 Å². The van der Waals surface area contributed by atoms with E-state index in [1.54, 1.807) is 0 Å². The monoisotopic (exact) mass is 283 g/mol. The third-order valence-electron chi connectivity index (χ3n) is 4.32. The van der Waals surface area contributed by atoms with E-state index in [2.05, 4.69) is 18.8 Å². The lowest BCUT2D eigenvalue weighted by atomic mass is 10.0. The molecule has 0 aromatic heterocycles. The van der Waals surface area contributed by atoms with E-state index in [4.69, 9.17) is 4.74 Å². The van der Waals surface area contributed by atoms with Gasteiger partial charge in [-0.2, -0.15) is 0 Å². The molecule has 1 atom stereocenters. The summed E-state index contributed by atoms with van der Waals surface area (Å²) in [6, 6.07) is 0. The van der Waals surface area contributed by atoms with Gasteiger partial charge in [0.15, 0.2) is 5.90 Å². The largest absolute Gasteiger partial charge is 0.478 e. The van der Waals surface area contributed by atoms with Gasteiger partial charge in [-0.3, -0.25) is 0 Å². The highest BCUT2D eigenvalue weighted by molar-refractivity contribution is 5.78. The fourth-order valence-corrected chi connectivity index (χ4v) is 2.64. The summed E-state index contributed by atoms with van der Waals surface area (Å²) in [5.74, 6) is 0.865. The summed E-state index contributed by atoms with van der Waals surface area (Å²) in [5.41, 5.74) is -0.339. The van der Waals surface area contributed by atoms with Gasteiger partial charge >= 0.3 is 0 Å². The zero-order valence-electron chi connectivity index (χ0n) is 13.5. The number of aliphatic imine (C=N–C) groups is 1. The van der Waals surface area contributed by atoms with Crippen LogP contribution in [0.4, 0.5) is 0 Å². The van der Waals surface area contributed by atoms with Gasteiger partial charge in [0.25, 0.3) is 0 Å². The zero-order chi connectivity index (χ0) is 14.7. The predicted octanol–water partition coefficient (Wildman–Crippen LogP) is 4.48. The lowest BCUT2D eigenvalue weighted by molar-refractivity contribution is 0.153. The maximum absolute atomic E-state index is 9.38. The fourth-order valence-electron chi connectivity index (χ4n) is 2.64. The number of hydrogen-bond donors (Lipinski definition) is 1. The van der Waals surface area contributed by atoms with Gasteiger partial charge in [0.05, 0.1) is 6.61 Å². The molecule has 3 heteroatoms. The van der Waals surface area contributed by atoms with E-state index < -0.39 is 0 Å². The maximum atomic E-state index is 9.38. The molecule has 0 saturated heterocycles. The molecule has 0 aromatic rings. The van der Waals surface area contributed by atoms with E-state index in [-0.39, 0.29) is 12.1 Å². The molecule has 0 unspecified atom stereocenters. The molecule has 1 N–H and O–H groups in total. The lowest BCUT2D eigenvalue weighted by Gasteiger charge is -2.17. The van der Waals surface area contributed by atoms with Crippen LogP contribution in [0, 0.1) is 0 Å². The number of aliphatic hydroxyl groups is 1. The third kappa shape index (κ3) is 6.25. The molecule has 20 heavy (non-hydrogen) atoms. The quantitative estimate of drug-likeness (QED) is 0.537. The molecule has 1 heterocycles. The maximum Gasteiger partial charge on any atom is 0.184 e. The van der Waals surface area contributed by atoms with E-state index in [0.717, 1.165) is 18.7 Å². The second-order valence-electron chi connectivity index (χ2n) is 6.11. The lowest BCUT2D eigenvalue weighted by Crippen LogP contribution is -2.31. The van der Waals surface area contributed by atoms with Crippen LogP contribution in [0.1, 0.15) is 84.5 Å². The second kappa shape index (κ2) is 10.2. The van der Waals surface area contributed by atoms with Gasteiger partial charge in [0.1, 0.15) is 12.1 Å². The highest BCUT2D eigenvalue weighted by Gasteiger charge is 2.33. The molecule has 1 aliphatic rings. The topological polar surface area (TPSA) is 41.8 Å². The second-order valence-corrected chi connectivity index (χ2v) is 6.11. The molecule has 1 rings (SSSR count). The van der Waals surface area contributed by atoms with Crippen molar-refractivity contribution in [2.45, 2.75) is 90.0 Å². The van der Waals surface area contributed by atoms with E-state index in [1.165, 1.54) is 57.8 Å². The van der Waals surface area contributed by atoms with Gasteiger partial charge in [-0.05, 0) is 12.8 Å². The molecule has 0 aliphatic carbocycles. The number of aliphatic hydroxyl groups excluding tert-OH is 1. The van der Waals surface area contributed by atoms with Crippen LogP contribution in [0.2, 0.25) is 0 Å². The Balaban J connectivity index is 1.99. The van der Waals surface area contributed by atoms with Crippen molar-refractivity contribution >= 4 is 5.90 Å². The van der Waals surface area contributed by atoms with Crippen molar-refractivity contribution in [3.63, 3.8) is 0 Å². The van der Waals surface area contributed by atoms with Crippen LogP contribution in [0.5, 0.6) is 0 Å². The highest BCUT2D eigenvalue weighted by Crippen LogP contribution is 2.24. The molecule has 0 fully saturated rings. The summed E-state index contributed by atoms with van der Waals surface area (Å²) in [4.78, 5) is 4.57. The summed E-state index contributed by atoms with van der Waals surface area (Å²) in [6.07, 6.45) is 13.8. The third-order valence-corrected chi connectivity index (χ3v) is 4.32. The Morgan fingerprint density at radius 3 is 2.10 bits per heavy atom. The van der Waals surface area contributed by atoms with Crippen molar-refractivity contribution in [2.24, 2.45) is 4.99 Å². The molecule has 0 amide bonds. The Bertz CT molecular complexity index is 272. The van der Waals surface area contributed by atoms with Crippen molar-refractivity contribution in [1.29, 1.82) is 0 Å². The van der Waals surface area contributed by atoms with Crippen LogP contribution in [0.15, 0.2) is 4.99 Å². The summed E-state index contributed by atoms with van der Waals surface area (Å²) < 4.78 is 5.61. The Morgan fingerprint density at radius 1 is 1.00 bits per heavy atom. The molecule has 0 aromatic carbocycles. The van der Waals surface area contributed by atoms with Crippen LogP contribution in [0.25, 0.3) is 0 Å². The van der Waals surface area contributed by atoms with Crippen LogP contribution in [0.3, 0.4) is 0 Å². The van der Waals surface area contributed by atoms with Gasteiger partial charge in [-0.15, -0.1) is 0 Å². The number of rotatable bonds is 12. The van der Waals surface area contributed by atoms with E-state index >= 15 is 0 Å². The highest BCUT2D eigenvalue weighted by atomic mass is 16.5. The van der Waals surface area contributed by atoms with Crippen LogP contribution in [-0.2, 0) is 4.74 Å². The van der Waals surface area contributed by atoms with Gasteiger partial charge in [-0.25, -0.2) is 4.99 Å². The number of ether oxygens (including phenoxy) is 1. The van der Waals surface area contributed by atoms with Gasteiger partial charge in [0.2, 0.25) is 0 Å². The average Bonchev–Trinajstić information content (AvgIpc) is 2.90. The molecule has 0 radical (unpaired) electrons. The molecule has 3 nitrogen and oxygen atoms in total. The Morgan fingerprint density at radius 2 is 1.60 bits per heavy atom. The first-order chi connectivity index (χ1) is 9.76. The fraction of sp³-hybridized carbons (Fsp3) is 0.941. The molecule has 0 spiro atoms. The standard InChI is InChI=1S/C17H33NO2/c1-3-5-6-7-8-9-10-11-12-13-16-18-17(4-2,14-19)15-20-16/h19H,3-15H2,1-2H3/t17-/m0/s1. The summed E-state index contributed by atoms with van der Waals surface area (Å²) >= 11 is 0. The van der Waals surface area contributed by atoms with E-state index in [1.807, 2.05) is 0 Å². The van der Waals surface area contributed by atoms with Crippen LogP contribution < -0.4 is 0 Å². The Labute approximate surface area is 124 Å². The van der Waals surface area contributed by atoms with E-state index in [9.17, 15) is 5.11 Å². The SMILES string of the molecule is CCCCCCCCCCCC1=N[C@@](CC)(CO)CO1. The normalized spacial score (nSPS) is 21.9.